The number of alkyl halides is 3. The molecule has 0 amide bonds. The Morgan fingerprint density at radius 2 is 1.91 bits per heavy atom. The fourth-order valence-corrected chi connectivity index (χ4v) is 3.78. The van der Waals surface area contributed by atoms with Gasteiger partial charge in [0, 0.05) is 12.1 Å². The fraction of sp³-hybridized carbons (Fsp3) is 0.304. The summed E-state index contributed by atoms with van der Waals surface area (Å²) in [7, 11) is 0. The number of ether oxygens (including phenoxy) is 3. The minimum atomic E-state index is -4.91. The molecule has 180 valence electrons. The number of carboxylic acid groups (broad SMARTS) is 1. The molecule has 1 aromatic heterocycles. The Kier molecular flexibility index (Phi) is 6.72. The molecule has 1 saturated carbocycles. The first kappa shape index (κ1) is 23.9. The summed E-state index contributed by atoms with van der Waals surface area (Å²) in [5.74, 6) is -1.81. The molecular formula is C23H18ClF3O7. The van der Waals surface area contributed by atoms with Crippen molar-refractivity contribution in [1.29, 1.82) is 0 Å². The standard InChI is InChI=1S/C23H18ClF3O7/c24-17-3-1-2-15-18(28)11-20(33-21(15)17)16-5-4-13(34-23(25,26)27)10-19(16)32-7-6-31-14-8-12(9-14)22(29)30/h1-5,10-12,14H,6-9H2,(H,29,30)/t12-,14+. The van der Waals surface area contributed by atoms with Crippen molar-refractivity contribution in [3.8, 4) is 22.8 Å². The van der Waals surface area contributed by atoms with Crippen molar-refractivity contribution >= 4 is 28.5 Å². The van der Waals surface area contributed by atoms with E-state index in [0.717, 1.165) is 12.1 Å². The third-order valence-corrected chi connectivity index (χ3v) is 5.59. The fourth-order valence-electron chi connectivity index (χ4n) is 3.57. The maximum Gasteiger partial charge on any atom is 0.573 e. The highest BCUT2D eigenvalue weighted by atomic mass is 35.5. The highest BCUT2D eigenvalue weighted by molar-refractivity contribution is 6.34. The van der Waals surface area contributed by atoms with Crippen LogP contribution in [-0.4, -0.2) is 36.8 Å². The second-order valence-corrected chi connectivity index (χ2v) is 8.05. The van der Waals surface area contributed by atoms with Crippen LogP contribution in [0.4, 0.5) is 13.2 Å². The first-order valence-electron chi connectivity index (χ1n) is 10.2. The van der Waals surface area contributed by atoms with E-state index in [-0.39, 0.29) is 57.8 Å². The minimum absolute atomic E-state index is 0.0306. The molecule has 7 nitrogen and oxygen atoms in total. The van der Waals surface area contributed by atoms with E-state index in [0.29, 0.717) is 12.8 Å². The van der Waals surface area contributed by atoms with Crippen molar-refractivity contribution in [2.75, 3.05) is 13.2 Å². The van der Waals surface area contributed by atoms with Gasteiger partial charge in [-0.1, -0.05) is 17.7 Å². The van der Waals surface area contributed by atoms with Crippen LogP contribution in [0.2, 0.25) is 5.02 Å². The maximum atomic E-state index is 12.7. The van der Waals surface area contributed by atoms with Gasteiger partial charge in [0.1, 0.15) is 23.9 Å². The third-order valence-electron chi connectivity index (χ3n) is 5.30. The van der Waals surface area contributed by atoms with Crippen LogP contribution in [0.15, 0.2) is 51.7 Å². The van der Waals surface area contributed by atoms with E-state index in [4.69, 9.17) is 30.6 Å². The van der Waals surface area contributed by atoms with Gasteiger partial charge in [0.15, 0.2) is 11.0 Å². The van der Waals surface area contributed by atoms with E-state index in [2.05, 4.69) is 4.74 Å². The van der Waals surface area contributed by atoms with Crippen molar-refractivity contribution in [3.05, 3.63) is 57.7 Å². The van der Waals surface area contributed by atoms with Gasteiger partial charge in [-0.3, -0.25) is 9.59 Å². The van der Waals surface area contributed by atoms with Crippen LogP contribution in [0.3, 0.4) is 0 Å². The Hall–Kier alpha value is -3.24. The summed E-state index contributed by atoms with van der Waals surface area (Å²) in [6.07, 6.45) is -4.35. The van der Waals surface area contributed by atoms with Crippen molar-refractivity contribution in [1.82, 2.24) is 0 Å². The van der Waals surface area contributed by atoms with Crippen LogP contribution < -0.4 is 14.9 Å². The van der Waals surface area contributed by atoms with E-state index in [9.17, 15) is 22.8 Å². The van der Waals surface area contributed by atoms with Gasteiger partial charge in [-0.25, -0.2) is 0 Å². The molecule has 0 bridgehead atoms. The smallest absolute Gasteiger partial charge is 0.490 e. The summed E-state index contributed by atoms with van der Waals surface area (Å²) >= 11 is 6.14. The number of carbonyl (C=O) groups is 1. The molecule has 0 atom stereocenters. The Morgan fingerprint density at radius 1 is 1.15 bits per heavy atom. The van der Waals surface area contributed by atoms with Crippen molar-refractivity contribution in [2.45, 2.75) is 25.3 Å². The number of halogens is 4. The summed E-state index contributed by atoms with van der Waals surface area (Å²) in [4.78, 5) is 23.4. The van der Waals surface area contributed by atoms with Gasteiger partial charge in [0.05, 0.1) is 34.6 Å². The van der Waals surface area contributed by atoms with Crippen LogP contribution in [-0.2, 0) is 9.53 Å². The molecule has 2 aromatic carbocycles. The second kappa shape index (κ2) is 9.55. The summed E-state index contributed by atoms with van der Waals surface area (Å²) in [5, 5.41) is 9.36. The van der Waals surface area contributed by atoms with E-state index in [1.54, 1.807) is 18.2 Å². The van der Waals surface area contributed by atoms with E-state index in [1.165, 1.54) is 12.1 Å². The van der Waals surface area contributed by atoms with Crippen molar-refractivity contribution in [2.24, 2.45) is 5.92 Å². The largest absolute Gasteiger partial charge is 0.573 e. The Labute approximate surface area is 195 Å². The molecule has 1 heterocycles. The predicted molar refractivity (Wildman–Crippen MR) is 115 cm³/mol. The van der Waals surface area contributed by atoms with Gasteiger partial charge >= 0.3 is 12.3 Å². The lowest BCUT2D eigenvalue weighted by Crippen LogP contribution is -2.37. The zero-order valence-corrected chi connectivity index (χ0v) is 18.2. The Balaban J connectivity index is 1.57. The zero-order valence-electron chi connectivity index (χ0n) is 17.4. The van der Waals surface area contributed by atoms with Crippen LogP contribution in [0.5, 0.6) is 11.5 Å². The number of rotatable bonds is 8. The highest BCUT2D eigenvalue weighted by Gasteiger charge is 2.35. The number of carboxylic acids is 1. The third kappa shape index (κ3) is 5.45. The highest BCUT2D eigenvalue weighted by Crippen LogP contribution is 2.37. The van der Waals surface area contributed by atoms with E-state index >= 15 is 0 Å². The van der Waals surface area contributed by atoms with Crippen LogP contribution in [0, 0.1) is 5.92 Å². The molecule has 34 heavy (non-hydrogen) atoms. The number of fused-ring (bicyclic) bond motifs is 1. The first-order valence-corrected chi connectivity index (χ1v) is 10.6. The predicted octanol–water partition coefficient (Wildman–Crippen LogP) is 5.27. The SMILES string of the molecule is O=c1cc(-c2ccc(OC(F)(F)F)cc2OCCO[C@H]2C[C@@H](C(=O)O)C2)oc2c(Cl)cccc12. The maximum absolute atomic E-state index is 12.7. The zero-order chi connectivity index (χ0) is 24.5. The molecule has 1 fully saturated rings. The summed E-state index contributed by atoms with van der Waals surface area (Å²) in [6, 6.07) is 9.26. The normalized spacial score (nSPS) is 17.9. The topological polar surface area (TPSA) is 95.2 Å². The molecule has 0 unspecified atom stereocenters. The quantitative estimate of drug-likeness (QED) is 0.423. The van der Waals surface area contributed by atoms with Crippen molar-refractivity contribution in [3.63, 3.8) is 0 Å². The summed E-state index contributed by atoms with van der Waals surface area (Å²) < 4.78 is 59.0. The number of aliphatic carboxylic acids is 1. The van der Waals surface area contributed by atoms with E-state index < -0.39 is 24.0 Å². The van der Waals surface area contributed by atoms with Gasteiger partial charge in [0.2, 0.25) is 0 Å². The lowest BCUT2D eigenvalue weighted by Gasteiger charge is -2.32. The lowest BCUT2D eigenvalue weighted by atomic mass is 9.82. The molecule has 3 aromatic rings. The van der Waals surface area contributed by atoms with Crippen molar-refractivity contribution < 1.29 is 41.7 Å². The van der Waals surface area contributed by atoms with Crippen LogP contribution >= 0.6 is 11.6 Å². The monoisotopic (exact) mass is 498 g/mol. The second-order valence-electron chi connectivity index (χ2n) is 7.65. The molecule has 0 spiro atoms. The Morgan fingerprint density at radius 3 is 2.62 bits per heavy atom. The number of benzene rings is 2. The van der Waals surface area contributed by atoms with Crippen LogP contribution in [0.1, 0.15) is 12.8 Å². The Bertz CT molecular complexity index is 1270. The van der Waals surface area contributed by atoms with E-state index in [1.807, 2.05) is 0 Å². The number of hydrogen-bond donors (Lipinski definition) is 1. The molecule has 0 saturated heterocycles. The van der Waals surface area contributed by atoms with Gasteiger partial charge < -0.3 is 23.7 Å². The molecule has 1 aliphatic rings. The van der Waals surface area contributed by atoms with Crippen LogP contribution in [0.25, 0.3) is 22.3 Å². The molecule has 1 aliphatic carbocycles. The lowest BCUT2D eigenvalue weighted by molar-refractivity contribution is -0.274. The van der Waals surface area contributed by atoms with Gasteiger partial charge in [-0.05, 0) is 37.1 Å². The molecule has 0 radical (unpaired) electrons. The molecule has 0 aliphatic heterocycles. The molecular weight excluding hydrogens is 481 g/mol. The summed E-state index contributed by atoms with van der Waals surface area (Å²) in [5.41, 5.74) is -0.0424. The average Bonchev–Trinajstić information content (AvgIpc) is 2.71. The molecule has 1 N–H and O–H groups in total. The molecule has 11 heteroatoms. The average molecular weight is 499 g/mol. The van der Waals surface area contributed by atoms with Gasteiger partial charge in [-0.15, -0.1) is 13.2 Å². The number of para-hydroxylation sites is 1. The number of hydrogen-bond acceptors (Lipinski definition) is 6. The summed E-state index contributed by atoms with van der Waals surface area (Å²) in [6.45, 7) is 0.0313. The van der Waals surface area contributed by atoms with Gasteiger partial charge in [0.25, 0.3) is 0 Å². The van der Waals surface area contributed by atoms with Gasteiger partial charge in [-0.2, -0.15) is 0 Å². The molecule has 4 rings (SSSR count). The first-order chi connectivity index (χ1) is 16.1. The minimum Gasteiger partial charge on any atom is -0.490 e.